The molecule has 0 aliphatic carbocycles. The van der Waals surface area contributed by atoms with Crippen LogP contribution >= 0.6 is 0 Å². The van der Waals surface area contributed by atoms with E-state index in [9.17, 15) is 12.8 Å². The molecule has 3 rings (SSSR count). The monoisotopic (exact) mass is 411 g/mol. The van der Waals surface area contributed by atoms with E-state index >= 15 is 0 Å². The Kier molecular flexibility index (Phi) is 6.14. The summed E-state index contributed by atoms with van der Waals surface area (Å²) in [6.45, 7) is 2.97. The predicted octanol–water partition coefficient (Wildman–Crippen LogP) is 1.13. The minimum atomic E-state index is -3.08. The number of nitrogens with one attached hydrogen (secondary N) is 2. The molecule has 0 spiro atoms. The molecule has 154 valence electrons. The lowest BCUT2D eigenvalue weighted by Gasteiger charge is -2.24. The summed E-state index contributed by atoms with van der Waals surface area (Å²) >= 11 is 0. The van der Waals surface area contributed by atoms with Gasteiger partial charge in [0.1, 0.15) is 21.8 Å². The third-order valence-corrected chi connectivity index (χ3v) is 5.59. The van der Waals surface area contributed by atoms with E-state index < -0.39 is 16.0 Å². The number of alkyl halides is 1. The standard InChI is InChI=1S/C17H26FN7O2S/c1-12-7-20-17(22-14-8-21-24(2)11-14)23-16(12)19-9-15-6-13(18)10-25(15)4-5-28(3,26)27/h7-8,11,13,15H,4-6,9-10H2,1-3H3,(H2,19,20,22,23)/t13-,15-/m0/s1. The molecule has 0 aromatic carbocycles. The van der Waals surface area contributed by atoms with E-state index in [4.69, 9.17) is 0 Å². The van der Waals surface area contributed by atoms with E-state index in [1.165, 1.54) is 6.26 Å². The molecule has 1 aliphatic rings. The summed E-state index contributed by atoms with van der Waals surface area (Å²) < 4.78 is 38.4. The number of halogens is 1. The fourth-order valence-electron chi connectivity index (χ4n) is 3.20. The molecule has 2 aromatic heterocycles. The molecule has 9 nitrogen and oxygen atoms in total. The lowest BCUT2D eigenvalue weighted by molar-refractivity contribution is 0.263. The number of likely N-dealkylation sites (tertiary alicyclic amines) is 1. The summed E-state index contributed by atoms with van der Waals surface area (Å²) in [5.74, 6) is 1.12. The van der Waals surface area contributed by atoms with Gasteiger partial charge in [-0.1, -0.05) is 0 Å². The molecule has 3 heterocycles. The van der Waals surface area contributed by atoms with Crippen LogP contribution in [-0.2, 0) is 16.9 Å². The van der Waals surface area contributed by atoms with Gasteiger partial charge in [-0.05, 0) is 13.3 Å². The number of aromatic nitrogens is 4. The Morgan fingerprint density at radius 2 is 2.14 bits per heavy atom. The van der Waals surface area contributed by atoms with Crippen LogP contribution in [0.5, 0.6) is 0 Å². The molecule has 1 fully saturated rings. The van der Waals surface area contributed by atoms with Gasteiger partial charge in [-0.25, -0.2) is 17.8 Å². The molecule has 0 bridgehead atoms. The zero-order valence-electron chi connectivity index (χ0n) is 16.3. The first-order valence-corrected chi connectivity index (χ1v) is 11.1. The predicted molar refractivity (Wildman–Crippen MR) is 106 cm³/mol. The fraction of sp³-hybridized carbons (Fsp3) is 0.588. The number of hydrogen-bond donors (Lipinski definition) is 2. The molecule has 2 atom stereocenters. The summed E-state index contributed by atoms with van der Waals surface area (Å²) in [4.78, 5) is 10.7. The minimum absolute atomic E-state index is 0.0297. The van der Waals surface area contributed by atoms with Gasteiger partial charge < -0.3 is 10.6 Å². The smallest absolute Gasteiger partial charge is 0.229 e. The van der Waals surface area contributed by atoms with Gasteiger partial charge in [0.15, 0.2) is 0 Å². The topological polar surface area (TPSA) is 105 Å². The Balaban J connectivity index is 1.63. The summed E-state index contributed by atoms with van der Waals surface area (Å²) in [7, 11) is -1.26. The SMILES string of the molecule is Cc1cnc(Nc2cnn(C)c2)nc1NC[C@@H]1C[C@H](F)CN1CCS(C)(=O)=O. The van der Waals surface area contributed by atoms with Gasteiger partial charge >= 0.3 is 0 Å². The Labute approximate surface area is 164 Å². The van der Waals surface area contributed by atoms with Gasteiger partial charge in [0.05, 0.1) is 17.6 Å². The second-order valence-corrected chi connectivity index (χ2v) is 9.51. The van der Waals surface area contributed by atoms with Crippen LogP contribution in [0, 0.1) is 6.92 Å². The van der Waals surface area contributed by atoms with Gasteiger partial charge in [-0.15, -0.1) is 0 Å². The first-order valence-electron chi connectivity index (χ1n) is 9.08. The highest BCUT2D eigenvalue weighted by Gasteiger charge is 2.32. The molecule has 11 heteroatoms. The maximum Gasteiger partial charge on any atom is 0.229 e. The number of aryl methyl sites for hydroxylation is 2. The van der Waals surface area contributed by atoms with E-state index in [2.05, 4.69) is 25.7 Å². The van der Waals surface area contributed by atoms with E-state index in [0.29, 0.717) is 31.3 Å². The van der Waals surface area contributed by atoms with Crippen molar-refractivity contribution in [2.45, 2.75) is 25.6 Å². The molecule has 0 unspecified atom stereocenters. The third-order valence-electron chi connectivity index (χ3n) is 4.66. The lowest BCUT2D eigenvalue weighted by atomic mass is 10.2. The highest BCUT2D eigenvalue weighted by Crippen LogP contribution is 2.22. The van der Waals surface area contributed by atoms with Gasteiger partial charge in [0, 0.05) is 56.9 Å². The summed E-state index contributed by atoms with van der Waals surface area (Å²) in [5, 5.41) is 10.4. The molecule has 1 aliphatic heterocycles. The number of anilines is 3. The largest absolute Gasteiger partial charge is 0.368 e. The molecule has 28 heavy (non-hydrogen) atoms. The quantitative estimate of drug-likeness (QED) is 0.666. The Hall–Kier alpha value is -2.27. The molecule has 0 saturated carbocycles. The van der Waals surface area contributed by atoms with Crippen molar-refractivity contribution < 1.29 is 12.8 Å². The average molecular weight is 412 g/mol. The second kappa shape index (κ2) is 8.39. The van der Waals surface area contributed by atoms with Crippen LogP contribution in [0.2, 0.25) is 0 Å². The van der Waals surface area contributed by atoms with Crippen LogP contribution in [0.3, 0.4) is 0 Å². The molecule has 0 radical (unpaired) electrons. The Morgan fingerprint density at radius 1 is 1.36 bits per heavy atom. The highest BCUT2D eigenvalue weighted by molar-refractivity contribution is 7.90. The molecule has 1 saturated heterocycles. The van der Waals surface area contributed by atoms with Gasteiger partial charge in [0.25, 0.3) is 0 Å². The third kappa shape index (κ3) is 5.61. The number of sulfone groups is 1. The van der Waals surface area contributed by atoms with Gasteiger partial charge in [-0.2, -0.15) is 10.1 Å². The number of hydrogen-bond acceptors (Lipinski definition) is 8. The highest BCUT2D eigenvalue weighted by atomic mass is 32.2. The van der Waals surface area contributed by atoms with Crippen molar-refractivity contribution >= 4 is 27.3 Å². The van der Waals surface area contributed by atoms with Crippen LogP contribution in [0.25, 0.3) is 0 Å². The molecule has 2 aromatic rings. The zero-order chi connectivity index (χ0) is 20.3. The molecular weight excluding hydrogens is 385 g/mol. The fourth-order valence-corrected chi connectivity index (χ4v) is 3.77. The summed E-state index contributed by atoms with van der Waals surface area (Å²) in [6.07, 6.45) is 5.83. The summed E-state index contributed by atoms with van der Waals surface area (Å²) in [6, 6.07) is -0.0825. The zero-order valence-corrected chi connectivity index (χ0v) is 17.1. The van der Waals surface area contributed by atoms with Crippen molar-refractivity contribution in [3.05, 3.63) is 24.2 Å². The van der Waals surface area contributed by atoms with Crippen LogP contribution < -0.4 is 10.6 Å². The molecular formula is C17H26FN7O2S. The number of rotatable bonds is 8. The van der Waals surface area contributed by atoms with E-state index in [0.717, 1.165) is 11.3 Å². The van der Waals surface area contributed by atoms with Crippen LogP contribution in [0.15, 0.2) is 18.6 Å². The summed E-state index contributed by atoms with van der Waals surface area (Å²) in [5.41, 5.74) is 1.65. The maximum atomic E-state index is 13.9. The van der Waals surface area contributed by atoms with Crippen LogP contribution in [0.1, 0.15) is 12.0 Å². The maximum absolute atomic E-state index is 13.9. The first-order chi connectivity index (χ1) is 13.2. The molecule has 0 amide bonds. The van der Waals surface area contributed by atoms with Crippen molar-refractivity contribution in [3.63, 3.8) is 0 Å². The van der Waals surface area contributed by atoms with Gasteiger partial charge in [-0.3, -0.25) is 9.58 Å². The lowest BCUT2D eigenvalue weighted by Crippen LogP contribution is -2.38. The van der Waals surface area contributed by atoms with Crippen LogP contribution in [0.4, 0.5) is 21.8 Å². The molecule has 2 N–H and O–H groups in total. The van der Waals surface area contributed by atoms with Crippen molar-refractivity contribution in [2.24, 2.45) is 7.05 Å². The van der Waals surface area contributed by atoms with Crippen molar-refractivity contribution in [1.82, 2.24) is 24.6 Å². The van der Waals surface area contributed by atoms with Crippen molar-refractivity contribution in [2.75, 3.05) is 42.3 Å². The minimum Gasteiger partial charge on any atom is -0.368 e. The number of nitrogens with zero attached hydrogens (tertiary/aromatic N) is 5. The average Bonchev–Trinajstić information content (AvgIpc) is 3.18. The Bertz CT molecular complexity index is 918. The van der Waals surface area contributed by atoms with Crippen molar-refractivity contribution in [1.29, 1.82) is 0 Å². The second-order valence-electron chi connectivity index (χ2n) is 7.25. The van der Waals surface area contributed by atoms with Gasteiger partial charge in [0.2, 0.25) is 5.95 Å². The normalized spacial score (nSPS) is 20.4. The van der Waals surface area contributed by atoms with Crippen LogP contribution in [-0.4, -0.2) is 76.9 Å². The first kappa shape index (κ1) is 20.5. The Morgan fingerprint density at radius 3 is 2.82 bits per heavy atom. The van der Waals surface area contributed by atoms with Crippen molar-refractivity contribution in [3.8, 4) is 0 Å². The van der Waals surface area contributed by atoms with E-state index in [-0.39, 0.29) is 18.3 Å². The van der Waals surface area contributed by atoms with E-state index in [1.54, 1.807) is 17.1 Å². The van der Waals surface area contributed by atoms with E-state index in [1.807, 2.05) is 25.1 Å².